The van der Waals surface area contributed by atoms with Gasteiger partial charge in [0.15, 0.2) is 0 Å². The monoisotopic (exact) mass is 577 g/mol. The number of nitrogens with two attached hydrogens (primary N) is 1. The number of pyridine rings is 1. The summed E-state index contributed by atoms with van der Waals surface area (Å²) in [5.74, 6) is 0.0230. The van der Waals surface area contributed by atoms with Gasteiger partial charge in [-0.05, 0) is 74.2 Å². The highest BCUT2D eigenvalue weighted by molar-refractivity contribution is 9.13. The molecule has 0 unspecified atom stereocenters. The summed E-state index contributed by atoms with van der Waals surface area (Å²) < 4.78 is 4.23. The van der Waals surface area contributed by atoms with Gasteiger partial charge in [-0.25, -0.2) is 9.78 Å². The highest BCUT2D eigenvalue weighted by Crippen LogP contribution is 2.24. The van der Waals surface area contributed by atoms with E-state index in [0.717, 1.165) is 31.4 Å². The number of nitrogens with zero attached hydrogens (tertiary/aromatic N) is 3. The van der Waals surface area contributed by atoms with E-state index in [2.05, 4.69) is 42.2 Å². The largest absolute Gasteiger partial charge is 0.384 e. The second-order valence-corrected chi connectivity index (χ2v) is 9.83. The fourth-order valence-electron chi connectivity index (χ4n) is 3.20. The Bertz CT molecular complexity index is 1470. The molecule has 8 nitrogen and oxygen atoms in total. The maximum atomic E-state index is 13.1. The first-order valence-electron chi connectivity index (χ1n) is 9.42. The van der Waals surface area contributed by atoms with Crippen molar-refractivity contribution in [2.24, 2.45) is 0 Å². The van der Waals surface area contributed by atoms with Crippen molar-refractivity contribution in [3.8, 4) is 0 Å². The van der Waals surface area contributed by atoms with Crippen LogP contribution in [0.15, 0.2) is 61.3 Å². The number of halogens is 2. The summed E-state index contributed by atoms with van der Waals surface area (Å²) in [7, 11) is 0. The van der Waals surface area contributed by atoms with Crippen LogP contribution in [-0.2, 0) is 13.1 Å². The quantitative estimate of drug-likeness (QED) is 0.377. The van der Waals surface area contributed by atoms with E-state index in [0.29, 0.717) is 21.1 Å². The number of hydrogen-bond donors (Lipinski definition) is 2. The molecule has 32 heavy (non-hydrogen) atoms. The zero-order chi connectivity index (χ0) is 23.0. The minimum Gasteiger partial charge on any atom is -0.384 e. The van der Waals surface area contributed by atoms with Crippen LogP contribution in [0.25, 0.3) is 4.83 Å². The molecule has 0 bridgehead atoms. The van der Waals surface area contributed by atoms with E-state index in [4.69, 9.17) is 5.73 Å². The third-order valence-corrected chi connectivity index (χ3v) is 7.93. The number of carbonyl (C=O) groups excluding carboxylic acids is 1. The predicted molar refractivity (Wildman–Crippen MR) is 131 cm³/mol. The molecule has 0 saturated heterocycles. The van der Waals surface area contributed by atoms with Gasteiger partial charge < -0.3 is 11.1 Å². The molecule has 11 heteroatoms. The molecule has 0 radical (unpaired) electrons. The second kappa shape index (κ2) is 9.00. The molecule has 3 aromatic heterocycles. The number of benzene rings is 1. The van der Waals surface area contributed by atoms with Gasteiger partial charge in [0.25, 0.3) is 11.5 Å². The van der Waals surface area contributed by atoms with Crippen molar-refractivity contribution in [3.05, 3.63) is 94.1 Å². The lowest BCUT2D eigenvalue weighted by Crippen LogP contribution is -2.38. The van der Waals surface area contributed by atoms with Crippen molar-refractivity contribution >= 4 is 59.8 Å². The van der Waals surface area contributed by atoms with Crippen LogP contribution in [0, 0.1) is 6.92 Å². The first kappa shape index (κ1) is 22.4. The molecular formula is C21H17Br2N5O3S. The second-order valence-electron chi connectivity index (χ2n) is 7.09. The number of hydrogen-bond acceptors (Lipinski definition) is 6. The smallest absolute Gasteiger partial charge is 0.336 e. The minimum absolute atomic E-state index is 0.119. The number of aryl methyl sites for hydroxylation is 1. The van der Waals surface area contributed by atoms with Gasteiger partial charge in [0.1, 0.15) is 15.5 Å². The average molecular weight is 579 g/mol. The zero-order valence-corrected chi connectivity index (χ0v) is 20.8. The summed E-state index contributed by atoms with van der Waals surface area (Å²) in [4.78, 5) is 43.3. The number of anilines is 1. The van der Waals surface area contributed by atoms with Crippen molar-refractivity contribution < 1.29 is 4.79 Å². The number of rotatable bonds is 5. The van der Waals surface area contributed by atoms with Crippen molar-refractivity contribution in [1.82, 2.24) is 19.3 Å². The fourth-order valence-corrected chi connectivity index (χ4v) is 4.88. The highest BCUT2D eigenvalue weighted by atomic mass is 79.9. The van der Waals surface area contributed by atoms with Crippen molar-refractivity contribution in [1.29, 1.82) is 0 Å². The molecule has 4 aromatic rings. The molecule has 1 amide bonds. The molecule has 0 saturated carbocycles. The van der Waals surface area contributed by atoms with Gasteiger partial charge >= 0.3 is 5.69 Å². The Labute approximate surface area is 203 Å². The summed E-state index contributed by atoms with van der Waals surface area (Å²) in [6.45, 7) is 2.04. The molecule has 3 heterocycles. The number of thiazole rings is 1. The third kappa shape index (κ3) is 4.41. The molecule has 0 fully saturated rings. The molecule has 0 aliphatic heterocycles. The molecule has 164 valence electrons. The Morgan fingerprint density at radius 1 is 1.16 bits per heavy atom. The minimum atomic E-state index is -0.494. The average Bonchev–Trinajstić information content (AvgIpc) is 3.22. The molecule has 3 N–H and O–H groups in total. The fraction of sp³-hybridized carbons (Fsp3) is 0.143. The molecule has 4 rings (SSSR count). The first-order valence-corrected chi connectivity index (χ1v) is 11.8. The lowest BCUT2D eigenvalue weighted by Gasteiger charge is -2.08. The van der Waals surface area contributed by atoms with Crippen LogP contribution in [0.1, 0.15) is 26.4 Å². The van der Waals surface area contributed by atoms with E-state index < -0.39 is 5.69 Å². The van der Waals surface area contributed by atoms with E-state index in [-0.39, 0.29) is 24.6 Å². The van der Waals surface area contributed by atoms with E-state index in [9.17, 15) is 14.4 Å². The Balaban J connectivity index is 1.66. The standard InChI is InChI=1S/C21H17Br2N5O3S/c1-11-19(30)27(9-13-2-3-14(22)15(23)6-13)21(31)28-10-16(32-20(11)28)18(29)26-8-12-4-5-25-17(24)7-12/h2-7,10H,8-9H2,1H3,(H2,24,25)(H,26,29). The van der Waals surface area contributed by atoms with Gasteiger partial charge in [-0.3, -0.25) is 18.6 Å². The van der Waals surface area contributed by atoms with Gasteiger partial charge in [0.05, 0.1) is 6.54 Å². The van der Waals surface area contributed by atoms with E-state index in [1.165, 1.54) is 15.2 Å². The first-order chi connectivity index (χ1) is 15.2. The van der Waals surface area contributed by atoms with Gasteiger partial charge in [0, 0.05) is 33.4 Å². The zero-order valence-electron chi connectivity index (χ0n) is 16.8. The Morgan fingerprint density at radius 2 is 1.94 bits per heavy atom. The third-order valence-electron chi connectivity index (χ3n) is 4.84. The summed E-state index contributed by atoms with van der Waals surface area (Å²) in [6.07, 6.45) is 3.04. The number of amides is 1. The van der Waals surface area contributed by atoms with Gasteiger partial charge in [0.2, 0.25) is 0 Å². The summed E-state index contributed by atoms with van der Waals surface area (Å²) in [5, 5.41) is 2.80. The van der Waals surface area contributed by atoms with Crippen LogP contribution < -0.4 is 22.3 Å². The number of aromatic nitrogens is 3. The van der Waals surface area contributed by atoms with Crippen molar-refractivity contribution in [3.63, 3.8) is 0 Å². The Morgan fingerprint density at radius 3 is 2.66 bits per heavy atom. The normalized spacial score (nSPS) is 11.1. The van der Waals surface area contributed by atoms with Crippen LogP contribution in [0.5, 0.6) is 0 Å². The van der Waals surface area contributed by atoms with E-state index in [1.807, 2.05) is 18.2 Å². The SMILES string of the molecule is Cc1c(=O)n(Cc2ccc(Br)c(Br)c2)c(=O)n2cc(C(=O)NCc3ccnc(N)c3)sc12. The predicted octanol–water partition coefficient (Wildman–Crippen LogP) is 3.31. The molecule has 0 aliphatic carbocycles. The molecule has 1 aromatic carbocycles. The Hall–Kier alpha value is -2.76. The topological polar surface area (TPSA) is 111 Å². The number of carbonyl (C=O) groups is 1. The van der Waals surface area contributed by atoms with Crippen molar-refractivity contribution in [2.45, 2.75) is 20.0 Å². The molecule has 0 atom stereocenters. The van der Waals surface area contributed by atoms with E-state index in [1.54, 1.807) is 25.3 Å². The number of nitrogens with one attached hydrogen (secondary N) is 1. The lowest BCUT2D eigenvalue weighted by atomic mass is 10.2. The lowest BCUT2D eigenvalue weighted by molar-refractivity contribution is 0.0954. The summed E-state index contributed by atoms with van der Waals surface area (Å²) >= 11 is 7.95. The van der Waals surface area contributed by atoms with Crippen LogP contribution in [0.3, 0.4) is 0 Å². The van der Waals surface area contributed by atoms with Gasteiger partial charge in [-0.15, -0.1) is 11.3 Å². The van der Waals surface area contributed by atoms with E-state index >= 15 is 0 Å². The van der Waals surface area contributed by atoms with Crippen LogP contribution >= 0.6 is 43.2 Å². The maximum Gasteiger partial charge on any atom is 0.336 e. The molecular weight excluding hydrogens is 562 g/mol. The van der Waals surface area contributed by atoms with Crippen LogP contribution in [0.4, 0.5) is 5.82 Å². The Kier molecular flexibility index (Phi) is 6.31. The van der Waals surface area contributed by atoms with Gasteiger partial charge in [-0.2, -0.15) is 0 Å². The maximum absolute atomic E-state index is 13.1. The highest BCUT2D eigenvalue weighted by Gasteiger charge is 2.18. The van der Waals surface area contributed by atoms with Crippen LogP contribution in [0.2, 0.25) is 0 Å². The van der Waals surface area contributed by atoms with Crippen molar-refractivity contribution in [2.75, 3.05) is 5.73 Å². The van der Waals surface area contributed by atoms with Gasteiger partial charge in [-0.1, -0.05) is 6.07 Å². The molecule has 0 spiro atoms. The molecule has 0 aliphatic rings. The summed E-state index contributed by atoms with van der Waals surface area (Å²) in [5.41, 5.74) is 6.80. The number of fused-ring (bicyclic) bond motifs is 1. The van der Waals surface area contributed by atoms with Crippen LogP contribution in [-0.4, -0.2) is 19.9 Å². The summed E-state index contributed by atoms with van der Waals surface area (Å²) in [6, 6.07) is 8.95. The number of nitrogen functional groups attached to an aromatic ring is 1.